The van der Waals surface area contributed by atoms with Gasteiger partial charge in [0, 0.05) is 44.5 Å². The molecule has 11 heteroatoms. The van der Waals surface area contributed by atoms with E-state index in [0.29, 0.717) is 29.2 Å². The number of H-pyrrole nitrogens is 1. The van der Waals surface area contributed by atoms with Crippen LogP contribution in [-0.4, -0.2) is 52.5 Å². The van der Waals surface area contributed by atoms with Gasteiger partial charge in [-0.25, -0.2) is 4.98 Å². The van der Waals surface area contributed by atoms with E-state index in [2.05, 4.69) is 20.2 Å². The summed E-state index contributed by atoms with van der Waals surface area (Å²) in [6, 6.07) is 6.00. The third kappa shape index (κ3) is 4.18. The molecule has 4 aliphatic rings. The van der Waals surface area contributed by atoms with Crippen molar-refractivity contribution < 1.29 is 14.4 Å². The highest BCUT2D eigenvalue weighted by atomic mass is 32.1. The Kier molecular flexibility index (Phi) is 5.79. The second-order valence-corrected chi connectivity index (χ2v) is 10.7. The Morgan fingerprint density at radius 2 is 2.03 bits per heavy atom. The van der Waals surface area contributed by atoms with Crippen molar-refractivity contribution in [3.63, 3.8) is 0 Å². The number of hydrogen-bond acceptors (Lipinski definition) is 9. The SMILES string of the molecule is N/C(=C\N1CCc2ccc(CNC(=O)c3nc4sc5c(c4c(=O)[nH]3)C3CCN5CC3)cc2C1)C(=O)C=O. The van der Waals surface area contributed by atoms with Gasteiger partial charge >= 0.3 is 0 Å². The Balaban J connectivity index is 1.17. The minimum Gasteiger partial charge on any atom is -0.394 e. The van der Waals surface area contributed by atoms with Crippen molar-refractivity contribution in [1.82, 2.24) is 20.2 Å². The third-order valence-electron chi connectivity index (χ3n) is 7.46. The smallest absolute Gasteiger partial charge is 0.287 e. The standard InChI is InChI=1S/C26H26N6O4S/c27-18(19(34)13-33)12-31-6-3-15-2-1-14(9-17(15)11-31)10-28-24(36)22-29-23(35)21-20-16-4-7-32(8-5-16)26(20)37-25(21)30-22/h1-2,9,12-13,16H,3-8,10-11,27H2,(H,28,36)(H,29,30,35)/b18-12-. The number of anilines is 1. The zero-order valence-electron chi connectivity index (χ0n) is 20.1. The van der Waals surface area contributed by atoms with Crippen LogP contribution in [0, 0.1) is 0 Å². The van der Waals surface area contributed by atoms with Crippen molar-refractivity contribution >= 4 is 44.5 Å². The van der Waals surface area contributed by atoms with Crippen LogP contribution in [0.5, 0.6) is 0 Å². The topological polar surface area (TPSA) is 141 Å². The summed E-state index contributed by atoms with van der Waals surface area (Å²) in [5, 5.41) is 4.63. The first-order valence-electron chi connectivity index (χ1n) is 12.3. The molecular formula is C26H26N6O4S. The zero-order chi connectivity index (χ0) is 25.7. The highest BCUT2D eigenvalue weighted by molar-refractivity contribution is 7.22. The molecule has 6 heterocycles. The van der Waals surface area contributed by atoms with Crippen LogP contribution >= 0.6 is 11.3 Å². The molecule has 2 aromatic heterocycles. The molecule has 0 aliphatic carbocycles. The number of aromatic nitrogens is 2. The number of hydrogen-bond donors (Lipinski definition) is 3. The summed E-state index contributed by atoms with van der Waals surface area (Å²) in [4.78, 5) is 60.1. The van der Waals surface area contributed by atoms with Gasteiger partial charge in [0.1, 0.15) is 4.83 Å². The van der Waals surface area contributed by atoms with Crippen molar-refractivity contribution in [3.05, 3.63) is 68.5 Å². The lowest BCUT2D eigenvalue weighted by Crippen LogP contribution is -2.38. The van der Waals surface area contributed by atoms with Crippen LogP contribution in [0.15, 0.2) is 34.9 Å². The summed E-state index contributed by atoms with van der Waals surface area (Å²) < 4.78 is 0. The van der Waals surface area contributed by atoms with Gasteiger partial charge in [-0.05, 0) is 41.9 Å². The number of nitrogens with two attached hydrogens (primary N) is 1. The molecule has 1 amide bonds. The Bertz CT molecular complexity index is 1530. The van der Waals surface area contributed by atoms with Gasteiger partial charge in [0.05, 0.1) is 16.1 Å². The van der Waals surface area contributed by atoms with Crippen LogP contribution in [0.4, 0.5) is 5.00 Å². The molecule has 2 bridgehead atoms. The number of carbonyl (C=O) groups is 3. The number of nitrogens with zero attached hydrogens (tertiary/aromatic N) is 3. The number of fused-ring (bicyclic) bond motifs is 4. The summed E-state index contributed by atoms with van der Waals surface area (Å²) in [5.74, 6) is -0.757. The van der Waals surface area contributed by atoms with Gasteiger partial charge in [0.15, 0.2) is 6.29 Å². The van der Waals surface area contributed by atoms with Crippen LogP contribution in [0.1, 0.15) is 51.6 Å². The molecule has 7 rings (SSSR count). The molecule has 4 N–H and O–H groups in total. The lowest BCUT2D eigenvalue weighted by molar-refractivity contribution is -0.127. The molecule has 0 unspecified atom stereocenters. The van der Waals surface area contributed by atoms with E-state index in [1.165, 1.54) is 23.1 Å². The first kappa shape index (κ1) is 23.4. The van der Waals surface area contributed by atoms with Gasteiger partial charge in [0.2, 0.25) is 11.6 Å². The number of benzene rings is 1. The van der Waals surface area contributed by atoms with E-state index < -0.39 is 11.7 Å². The third-order valence-corrected chi connectivity index (χ3v) is 8.62. The average molecular weight is 519 g/mol. The molecule has 4 aliphatic heterocycles. The van der Waals surface area contributed by atoms with Crippen molar-refractivity contribution in [2.75, 3.05) is 24.5 Å². The van der Waals surface area contributed by atoms with E-state index in [1.807, 2.05) is 23.1 Å². The Morgan fingerprint density at radius 1 is 1.22 bits per heavy atom. The van der Waals surface area contributed by atoms with Crippen LogP contribution in [-0.2, 0) is 29.1 Å². The number of amides is 1. The Hall–Kier alpha value is -3.99. The first-order chi connectivity index (χ1) is 17.9. The molecule has 1 aromatic carbocycles. The molecule has 10 nitrogen and oxygen atoms in total. The maximum atomic E-state index is 13.0. The van der Waals surface area contributed by atoms with E-state index >= 15 is 0 Å². The minimum atomic E-state index is -0.736. The molecule has 190 valence electrons. The molecule has 0 saturated carbocycles. The molecular weight excluding hydrogens is 492 g/mol. The van der Waals surface area contributed by atoms with E-state index in [0.717, 1.165) is 54.0 Å². The number of thiophene rings is 1. The number of Topliss-reactive ketones (excluding diaryl/α,β-unsaturated/α-hetero) is 1. The molecule has 1 fully saturated rings. The fourth-order valence-corrected chi connectivity index (χ4v) is 6.87. The average Bonchev–Trinajstić information content (AvgIpc) is 3.34. The largest absolute Gasteiger partial charge is 0.394 e. The van der Waals surface area contributed by atoms with Crippen LogP contribution < -0.4 is 21.5 Å². The summed E-state index contributed by atoms with van der Waals surface area (Å²) >= 11 is 1.50. The number of carbonyl (C=O) groups excluding carboxylic acids is 3. The van der Waals surface area contributed by atoms with Gasteiger partial charge in [-0.3, -0.25) is 19.2 Å². The monoisotopic (exact) mass is 518 g/mol. The lowest BCUT2D eigenvalue weighted by Gasteiger charge is -2.39. The quantitative estimate of drug-likeness (QED) is 0.254. The van der Waals surface area contributed by atoms with Crippen LogP contribution in [0.2, 0.25) is 0 Å². The number of nitrogens with one attached hydrogen (secondary N) is 2. The fourth-order valence-electron chi connectivity index (χ4n) is 5.56. The Morgan fingerprint density at radius 3 is 2.81 bits per heavy atom. The summed E-state index contributed by atoms with van der Waals surface area (Å²) in [7, 11) is 0. The number of ketones is 1. The number of aromatic amines is 1. The summed E-state index contributed by atoms with van der Waals surface area (Å²) in [6.45, 7) is 3.51. The zero-order valence-corrected chi connectivity index (χ0v) is 20.9. The first-order valence-corrected chi connectivity index (χ1v) is 13.1. The van der Waals surface area contributed by atoms with E-state index in [1.54, 1.807) is 0 Å². The number of piperidine rings is 1. The highest BCUT2D eigenvalue weighted by Crippen LogP contribution is 2.49. The van der Waals surface area contributed by atoms with Crippen molar-refractivity contribution in [1.29, 1.82) is 0 Å². The van der Waals surface area contributed by atoms with Gasteiger partial charge in [0.25, 0.3) is 11.5 Å². The van der Waals surface area contributed by atoms with Gasteiger partial charge < -0.3 is 25.8 Å². The number of aldehydes is 1. The van der Waals surface area contributed by atoms with Crippen LogP contribution in [0.3, 0.4) is 0 Å². The van der Waals surface area contributed by atoms with Gasteiger partial charge in [-0.15, -0.1) is 0 Å². The molecule has 0 spiro atoms. The highest BCUT2D eigenvalue weighted by Gasteiger charge is 2.35. The van der Waals surface area contributed by atoms with Crippen molar-refractivity contribution in [2.45, 2.75) is 38.3 Å². The predicted octanol–water partition coefficient (Wildman–Crippen LogP) is 1.54. The van der Waals surface area contributed by atoms with Gasteiger partial charge in [-0.2, -0.15) is 0 Å². The summed E-state index contributed by atoms with van der Waals surface area (Å²) in [6.07, 6.45) is 4.60. The second kappa shape index (κ2) is 9.15. The molecule has 37 heavy (non-hydrogen) atoms. The number of rotatable bonds is 6. The molecule has 3 aromatic rings. The lowest BCUT2D eigenvalue weighted by atomic mass is 9.85. The minimum absolute atomic E-state index is 0.0167. The predicted molar refractivity (Wildman–Crippen MR) is 139 cm³/mol. The number of allylic oxidation sites excluding steroid dienone is 1. The molecule has 0 atom stereocenters. The van der Waals surface area contributed by atoms with Gasteiger partial charge in [-0.1, -0.05) is 29.5 Å². The van der Waals surface area contributed by atoms with Crippen molar-refractivity contribution in [3.8, 4) is 0 Å². The van der Waals surface area contributed by atoms with E-state index in [-0.39, 0.29) is 29.9 Å². The van der Waals surface area contributed by atoms with Crippen molar-refractivity contribution in [2.24, 2.45) is 5.73 Å². The second-order valence-electron chi connectivity index (χ2n) is 9.75. The molecule has 1 saturated heterocycles. The maximum Gasteiger partial charge on any atom is 0.287 e. The van der Waals surface area contributed by atoms with E-state index in [4.69, 9.17) is 5.73 Å². The Labute approximate surface area is 216 Å². The normalized spacial score (nSPS) is 17.0. The van der Waals surface area contributed by atoms with Crippen LogP contribution in [0.25, 0.3) is 10.2 Å². The molecule has 0 radical (unpaired) electrons. The fraction of sp³-hybridized carbons (Fsp3) is 0.346. The maximum absolute atomic E-state index is 13.0. The van der Waals surface area contributed by atoms with E-state index in [9.17, 15) is 19.2 Å². The summed E-state index contributed by atoms with van der Waals surface area (Å²) in [5.41, 5.74) is 9.60.